The molecular weight excluding hydrogens is 180 g/mol. The predicted molar refractivity (Wildman–Crippen MR) is 65.4 cm³/mol. The Balaban J connectivity index is 1.69. The minimum Gasteiger partial charge on any atom is -0.103 e. The van der Waals surface area contributed by atoms with Crippen molar-refractivity contribution in [3.63, 3.8) is 0 Å². The van der Waals surface area contributed by atoms with Crippen LogP contribution in [-0.4, -0.2) is 0 Å². The molecule has 2 rings (SSSR count). The van der Waals surface area contributed by atoms with E-state index in [1.807, 2.05) is 0 Å². The van der Waals surface area contributed by atoms with Crippen LogP contribution in [0, 0.1) is 29.6 Å². The molecule has 0 aliphatic heterocycles. The summed E-state index contributed by atoms with van der Waals surface area (Å²) in [5, 5.41) is 0. The van der Waals surface area contributed by atoms with Crippen LogP contribution in [-0.2, 0) is 0 Å². The second kappa shape index (κ2) is 4.88. The molecule has 0 radical (unpaired) electrons. The minimum absolute atomic E-state index is 0.839. The van der Waals surface area contributed by atoms with Gasteiger partial charge in [0, 0.05) is 12.8 Å². The average Bonchev–Trinajstić information content (AvgIpc) is 2.69. The molecule has 0 saturated heterocycles. The quantitative estimate of drug-likeness (QED) is 0.463. The topological polar surface area (TPSA) is 0 Å². The molecule has 0 aromatic rings. The lowest BCUT2D eigenvalue weighted by molar-refractivity contribution is 0.348. The van der Waals surface area contributed by atoms with Gasteiger partial charge in [0.15, 0.2) is 0 Å². The molecule has 0 fully saturated rings. The van der Waals surface area contributed by atoms with E-state index in [0.29, 0.717) is 0 Å². The molecule has 0 saturated carbocycles. The maximum absolute atomic E-state index is 3.22. The summed E-state index contributed by atoms with van der Waals surface area (Å²) >= 11 is 0. The van der Waals surface area contributed by atoms with Gasteiger partial charge in [-0.15, -0.1) is 11.8 Å². The van der Waals surface area contributed by atoms with Crippen molar-refractivity contribution in [3.05, 3.63) is 11.6 Å². The Labute approximate surface area is 94.1 Å². The zero-order chi connectivity index (χ0) is 10.7. The molecule has 0 nitrogen and oxygen atoms in total. The van der Waals surface area contributed by atoms with E-state index in [0.717, 1.165) is 30.6 Å². The van der Waals surface area contributed by atoms with Crippen molar-refractivity contribution in [1.82, 2.24) is 0 Å². The lowest BCUT2D eigenvalue weighted by Crippen LogP contribution is -2.14. The molecule has 0 bridgehead atoms. The van der Waals surface area contributed by atoms with Gasteiger partial charge in [0.25, 0.3) is 0 Å². The molecule has 0 heterocycles. The SMILES string of the molecule is CCC1CC=C1CCC(C)C1CC#CC1. The van der Waals surface area contributed by atoms with Crippen molar-refractivity contribution in [1.29, 1.82) is 0 Å². The first-order valence-corrected chi connectivity index (χ1v) is 6.46. The first-order chi connectivity index (χ1) is 7.31. The molecule has 0 aromatic carbocycles. The fraction of sp³-hybridized carbons (Fsp3) is 0.733. The molecule has 0 heteroatoms. The molecule has 0 amide bonds. The van der Waals surface area contributed by atoms with Gasteiger partial charge in [-0.25, -0.2) is 0 Å². The lowest BCUT2D eigenvalue weighted by Gasteiger charge is -2.28. The summed E-state index contributed by atoms with van der Waals surface area (Å²) in [6.45, 7) is 4.71. The van der Waals surface area contributed by atoms with Crippen LogP contribution in [0.15, 0.2) is 11.6 Å². The van der Waals surface area contributed by atoms with E-state index in [9.17, 15) is 0 Å². The summed E-state index contributed by atoms with van der Waals surface area (Å²) in [6, 6.07) is 0. The third-order valence-electron chi connectivity index (χ3n) is 4.23. The van der Waals surface area contributed by atoms with Crippen LogP contribution < -0.4 is 0 Å². The molecule has 0 N–H and O–H groups in total. The lowest BCUT2D eigenvalue weighted by atomic mass is 9.77. The van der Waals surface area contributed by atoms with E-state index in [2.05, 4.69) is 31.8 Å². The van der Waals surface area contributed by atoms with E-state index in [1.165, 1.54) is 25.7 Å². The van der Waals surface area contributed by atoms with E-state index in [1.54, 1.807) is 5.57 Å². The van der Waals surface area contributed by atoms with Crippen molar-refractivity contribution >= 4 is 0 Å². The van der Waals surface area contributed by atoms with Crippen LogP contribution in [0.25, 0.3) is 0 Å². The van der Waals surface area contributed by atoms with Gasteiger partial charge >= 0.3 is 0 Å². The Bertz CT molecular complexity index is 290. The first kappa shape index (κ1) is 10.8. The third-order valence-corrected chi connectivity index (χ3v) is 4.23. The van der Waals surface area contributed by atoms with Crippen molar-refractivity contribution in [2.24, 2.45) is 17.8 Å². The van der Waals surface area contributed by atoms with Gasteiger partial charge in [-0.2, -0.15) is 0 Å². The highest BCUT2D eigenvalue weighted by molar-refractivity contribution is 5.17. The van der Waals surface area contributed by atoms with Gasteiger partial charge in [0.1, 0.15) is 0 Å². The molecule has 2 unspecified atom stereocenters. The highest BCUT2D eigenvalue weighted by Gasteiger charge is 2.22. The van der Waals surface area contributed by atoms with Crippen molar-refractivity contribution < 1.29 is 0 Å². The summed E-state index contributed by atoms with van der Waals surface area (Å²) in [5.41, 5.74) is 1.74. The van der Waals surface area contributed by atoms with E-state index >= 15 is 0 Å². The maximum Gasteiger partial charge on any atom is 0.0129 e. The van der Waals surface area contributed by atoms with Crippen molar-refractivity contribution in [2.75, 3.05) is 0 Å². The summed E-state index contributed by atoms with van der Waals surface area (Å²) < 4.78 is 0. The fourth-order valence-electron chi connectivity index (χ4n) is 2.70. The largest absolute Gasteiger partial charge is 0.103 e. The Morgan fingerprint density at radius 1 is 1.40 bits per heavy atom. The zero-order valence-corrected chi connectivity index (χ0v) is 10.1. The normalized spacial score (nSPS) is 26.5. The molecule has 2 aliphatic carbocycles. The maximum atomic E-state index is 3.22. The molecule has 0 spiro atoms. The Morgan fingerprint density at radius 3 is 2.67 bits per heavy atom. The van der Waals surface area contributed by atoms with Crippen LogP contribution in [0.3, 0.4) is 0 Å². The van der Waals surface area contributed by atoms with Crippen molar-refractivity contribution in [3.8, 4) is 11.8 Å². The smallest absolute Gasteiger partial charge is 0.0129 e. The average molecular weight is 202 g/mol. The van der Waals surface area contributed by atoms with Crippen LogP contribution in [0.5, 0.6) is 0 Å². The Morgan fingerprint density at radius 2 is 2.13 bits per heavy atom. The molecule has 2 aliphatic rings. The summed E-state index contributed by atoms with van der Waals surface area (Å²) in [7, 11) is 0. The highest BCUT2D eigenvalue weighted by atomic mass is 14.3. The van der Waals surface area contributed by atoms with Gasteiger partial charge in [-0.3, -0.25) is 0 Å². The second-order valence-corrected chi connectivity index (χ2v) is 5.16. The Hall–Kier alpha value is -0.700. The summed E-state index contributed by atoms with van der Waals surface area (Å²) in [5.74, 6) is 9.07. The van der Waals surface area contributed by atoms with Crippen LogP contribution in [0.1, 0.15) is 52.4 Å². The van der Waals surface area contributed by atoms with Crippen molar-refractivity contribution in [2.45, 2.75) is 52.4 Å². The zero-order valence-electron chi connectivity index (χ0n) is 10.1. The Kier molecular flexibility index (Phi) is 3.52. The van der Waals surface area contributed by atoms with Gasteiger partial charge in [0.2, 0.25) is 0 Å². The highest BCUT2D eigenvalue weighted by Crippen LogP contribution is 2.35. The van der Waals surface area contributed by atoms with Crippen LogP contribution in [0.2, 0.25) is 0 Å². The molecule has 0 aromatic heterocycles. The van der Waals surface area contributed by atoms with Gasteiger partial charge < -0.3 is 0 Å². The fourth-order valence-corrected chi connectivity index (χ4v) is 2.70. The summed E-state index contributed by atoms with van der Waals surface area (Å²) in [4.78, 5) is 0. The summed E-state index contributed by atoms with van der Waals surface area (Å²) in [6.07, 6.45) is 10.1. The van der Waals surface area contributed by atoms with Gasteiger partial charge in [-0.05, 0) is 43.4 Å². The number of hydrogen-bond donors (Lipinski definition) is 0. The number of rotatable bonds is 5. The molecule has 82 valence electrons. The van der Waals surface area contributed by atoms with E-state index in [-0.39, 0.29) is 0 Å². The number of hydrogen-bond acceptors (Lipinski definition) is 0. The molecule has 15 heavy (non-hydrogen) atoms. The van der Waals surface area contributed by atoms with Gasteiger partial charge in [0.05, 0.1) is 0 Å². The standard InChI is InChI=1S/C15H22/c1-3-13-10-11-15(13)9-8-12(2)14-6-4-5-7-14/h11-14H,3,6-10H2,1-2H3. The van der Waals surface area contributed by atoms with Crippen LogP contribution in [0.4, 0.5) is 0 Å². The molecule has 2 atom stereocenters. The predicted octanol–water partition coefficient (Wildman–Crippen LogP) is 4.17. The number of allylic oxidation sites excluding steroid dienone is 2. The second-order valence-electron chi connectivity index (χ2n) is 5.16. The van der Waals surface area contributed by atoms with Crippen LogP contribution >= 0.6 is 0 Å². The van der Waals surface area contributed by atoms with E-state index < -0.39 is 0 Å². The van der Waals surface area contributed by atoms with Gasteiger partial charge in [-0.1, -0.05) is 25.5 Å². The van der Waals surface area contributed by atoms with E-state index in [4.69, 9.17) is 0 Å². The third kappa shape index (κ3) is 2.46. The monoisotopic (exact) mass is 202 g/mol. The minimum atomic E-state index is 0.839. The molecular formula is C15H22. The first-order valence-electron chi connectivity index (χ1n) is 6.46.